The van der Waals surface area contributed by atoms with Crippen LogP contribution in [0.4, 0.5) is 4.79 Å². The summed E-state index contributed by atoms with van der Waals surface area (Å²) in [5.74, 6) is 2.68. The number of fused-ring (bicyclic) bond motifs is 1. The van der Waals surface area contributed by atoms with Gasteiger partial charge in [-0.15, -0.1) is 0 Å². The molecule has 148 valence electrons. The van der Waals surface area contributed by atoms with Crippen molar-refractivity contribution >= 4 is 22.9 Å². The lowest BCUT2D eigenvalue weighted by Gasteiger charge is -2.41. The predicted molar refractivity (Wildman–Crippen MR) is 108 cm³/mol. The van der Waals surface area contributed by atoms with E-state index in [1.54, 1.807) is 0 Å². The number of hydrogen-bond donors (Lipinski definition) is 1. The zero-order valence-electron chi connectivity index (χ0n) is 16.2. The predicted octanol–water partition coefficient (Wildman–Crippen LogP) is 4.97. The molecule has 2 atom stereocenters. The zero-order chi connectivity index (χ0) is 18.2. The first-order valence-corrected chi connectivity index (χ1v) is 11.9. The Kier molecular flexibility index (Phi) is 8.15. The highest BCUT2D eigenvalue weighted by atomic mass is 32.2. The zero-order valence-corrected chi connectivity index (χ0v) is 17.0. The summed E-state index contributed by atoms with van der Waals surface area (Å²) in [6, 6.07) is 0.371. The average molecular weight is 381 g/mol. The molecule has 26 heavy (non-hydrogen) atoms. The lowest BCUT2D eigenvalue weighted by Crippen LogP contribution is -2.44. The van der Waals surface area contributed by atoms with Crippen LogP contribution in [-0.2, 0) is 4.79 Å². The molecule has 2 saturated carbocycles. The molecule has 1 aliphatic heterocycles. The van der Waals surface area contributed by atoms with Crippen molar-refractivity contribution in [1.29, 1.82) is 0 Å². The van der Waals surface area contributed by atoms with Crippen molar-refractivity contribution < 1.29 is 9.59 Å². The van der Waals surface area contributed by atoms with E-state index in [-0.39, 0.29) is 5.24 Å². The van der Waals surface area contributed by atoms with Crippen LogP contribution >= 0.6 is 11.8 Å². The number of carbonyl (C=O) groups excluding carboxylic acids is 2. The van der Waals surface area contributed by atoms with Crippen LogP contribution in [0.5, 0.6) is 0 Å². The molecule has 2 amide bonds. The summed E-state index contributed by atoms with van der Waals surface area (Å²) in [5.41, 5.74) is 0. The molecular formula is C21H36N2O2S. The van der Waals surface area contributed by atoms with Gasteiger partial charge in [0.15, 0.2) is 0 Å². The highest BCUT2D eigenvalue weighted by Gasteiger charge is 2.32. The smallest absolute Gasteiger partial charge is 0.279 e. The highest BCUT2D eigenvalue weighted by Crippen LogP contribution is 2.36. The Hall–Kier alpha value is -0.710. The molecule has 0 spiro atoms. The van der Waals surface area contributed by atoms with Crippen molar-refractivity contribution in [3.63, 3.8) is 0 Å². The molecule has 1 saturated heterocycles. The van der Waals surface area contributed by atoms with E-state index in [0.717, 1.165) is 49.9 Å². The van der Waals surface area contributed by atoms with Gasteiger partial charge in [-0.25, -0.2) is 0 Å². The molecule has 1 N–H and O–H groups in total. The van der Waals surface area contributed by atoms with Crippen LogP contribution in [-0.4, -0.2) is 40.9 Å². The molecule has 4 nitrogen and oxygen atoms in total. The number of likely N-dealkylation sites (tertiary alicyclic amines) is 1. The van der Waals surface area contributed by atoms with Crippen LogP contribution in [0.3, 0.4) is 0 Å². The van der Waals surface area contributed by atoms with Crippen LogP contribution in [0.1, 0.15) is 83.5 Å². The van der Waals surface area contributed by atoms with Crippen LogP contribution < -0.4 is 5.32 Å². The first-order valence-electron chi connectivity index (χ1n) is 10.9. The van der Waals surface area contributed by atoms with Gasteiger partial charge in [0, 0.05) is 31.3 Å². The van der Waals surface area contributed by atoms with Gasteiger partial charge in [-0.3, -0.25) is 9.59 Å². The number of amides is 2. The Morgan fingerprint density at radius 1 is 0.885 bits per heavy atom. The molecule has 3 fully saturated rings. The molecule has 0 aromatic heterocycles. The normalized spacial score (nSPS) is 27.5. The van der Waals surface area contributed by atoms with Crippen LogP contribution in [0.25, 0.3) is 0 Å². The van der Waals surface area contributed by atoms with Crippen molar-refractivity contribution in [1.82, 2.24) is 10.2 Å². The van der Waals surface area contributed by atoms with Gasteiger partial charge >= 0.3 is 0 Å². The van der Waals surface area contributed by atoms with Crippen molar-refractivity contribution in [2.45, 2.75) is 89.5 Å². The Morgan fingerprint density at radius 3 is 2.35 bits per heavy atom. The average Bonchev–Trinajstić information content (AvgIpc) is 2.93. The Bertz CT molecular complexity index is 463. The van der Waals surface area contributed by atoms with Gasteiger partial charge in [0.1, 0.15) is 0 Å². The number of thioether (sulfide) groups is 1. The van der Waals surface area contributed by atoms with Crippen molar-refractivity contribution in [2.75, 3.05) is 18.8 Å². The van der Waals surface area contributed by atoms with Gasteiger partial charge in [0.05, 0.1) is 0 Å². The van der Waals surface area contributed by atoms with Crippen LogP contribution in [0, 0.1) is 11.8 Å². The summed E-state index contributed by atoms with van der Waals surface area (Å²) in [4.78, 5) is 26.7. The highest BCUT2D eigenvalue weighted by molar-refractivity contribution is 8.13. The summed E-state index contributed by atoms with van der Waals surface area (Å²) < 4.78 is 0. The number of hydrogen-bond acceptors (Lipinski definition) is 3. The topological polar surface area (TPSA) is 49.4 Å². The molecule has 0 aromatic rings. The fourth-order valence-corrected chi connectivity index (χ4v) is 5.73. The molecule has 0 radical (unpaired) electrons. The third-order valence-corrected chi connectivity index (χ3v) is 7.46. The van der Waals surface area contributed by atoms with E-state index >= 15 is 0 Å². The maximum absolute atomic E-state index is 12.5. The molecule has 0 bridgehead atoms. The Morgan fingerprint density at radius 2 is 1.58 bits per heavy atom. The Labute approximate surface area is 163 Å². The minimum absolute atomic E-state index is 0.104. The fraction of sp³-hybridized carbons (Fsp3) is 0.905. The number of nitrogens with one attached hydrogen (secondary N) is 1. The molecule has 3 rings (SSSR count). The van der Waals surface area contributed by atoms with Gasteiger partial charge in [0.25, 0.3) is 5.24 Å². The minimum atomic E-state index is 0.104. The van der Waals surface area contributed by atoms with Crippen molar-refractivity contribution in [3.05, 3.63) is 0 Å². The maximum atomic E-state index is 12.5. The second-order valence-electron chi connectivity index (χ2n) is 8.51. The van der Waals surface area contributed by atoms with E-state index in [2.05, 4.69) is 10.2 Å². The molecule has 2 unspecified atom stereocenters. The van der Waals surface area contributed by atoms with Gasteiger partial charge in [-0.2, -0.15) is 0 Å². The number of nitrogens with zero attached hydrogens (tertiary/aromatic N) is 1. The molecule has 2 aliphatic carbocycles. The molecular weight excluding hydrogens is 344 g/mol. The molecule has 1 heterocycles. The Balaban J connectivity index is 1.28. The lowest BCUT2D eigenvalue weighted by molar-refractivity contribution is -0.134. The van der Waals surface area contributed by atoms with E-state index in [1.807, 2.05) is 0 Å². The van der Waals surface area contributed by atoms with E-state index < -0.39 is 0 Å². The molecule has 5 heteroatoms. The largest absolute Gasteiger partial charge is 0.344 e. The summed E-state index contributed by atoms with van der Waals surface area (Å²) in [7, 11) is 0. The lowest BCUT2D eigenvalue weighted by atomic mass is 9.75. The number of carbonyl (C=O) groups is 2. The standard InChI is InChI=1S/C21H36N2O2S/c24-20(23-14-13-17-8-5-6-9-18(17)16-23)12-7-15-26-21(25)22-19-10-3-1-2-4-11-19/h17-19H,1-16H2,(H,22,25). The third-order valence-electron chi connectivity index (χ3n) is 6.59. The van der Waals surface area contributed by atoms with Crippen molar-refractivity contribution in [3.8, 4) is 0 Å². The monoisotopic (exact) mass is 380 g/mol. The van der Waals surface area contributed by atoms with E-state index in [4.69, 9.17) is 0 Å². The fourth-order valence-electron chi connectivity index (χ4n) is 5.01. The second-order valence-corrected chi connectivity index (χ2v) is 9.57. The SMILES string of the molecule is O=C(NC1CCCCCC1)SCCCC(=O)N1CCC2CCCCC2C1. The summed E-state index contributed by atoms with van der Waals surface area (Å²) in [6.07, 6.45) is 15.4. The molecule has 3 aliphatic rings. The first kappa shape index (κ1) is 20.0. The third kappa shape index (κ3) is 6.17. The first-order chi connectivity index (χ1) is 12.7. The van der Waals surface area contributed by atoms with Gasteiger partial charge in [-0.05, 0) is 43.9 Å². The second kappa shape index (κ2) is 10.6. The molecule has 0 aromatic carbocycles. The van der Waals surface area contributed by atoms with E-state index in [9.17, 15) is 9.59 Å². The van der Waals surface area contributed by atoms with Crippen LogP contribution in [0.2, 0.25) is 0 Å². The number of rotatable bonds is 5. The van der Waals surface area contributed by atoms with Gasteiger partial charge in [0.2, 0.25) is 5.91 Å². The quantitative estimate of drug-likeness (QED) is 0.541. The van der Waals surface area contributed by atoms with E-state index in [0.29, 0.717) is 18.4 Å². The summed E-state index contributed by atoms with van der Waals surface area (Å²) in [5, 5.41) is 3.27. The summed E-state index contributed by atoms with van der Waals surface area (Å²) >= 11 is 1.36. The van der Waals surface area contributed by atoms with Gasteiger partial charge < -0.3 is 10.2 Å². The maximum Gasteiger partial charge on any atom is 0.279 e. The minimum Gasteiger partial charge on any atom is -0.344 e. The summed E-state index contributed by atoms with van der Waals surface area (Å²) in [6.45, 7) is 1.94. The number of piperidine rings is 1. The van der Waals surface area contributed by atoms with Crippen LogP contribution in [0.15, 0.2) is 0 Å². The van der Waals surface area contributed by atoms with E-state index in [1.165, 1.54) is 69.5 Å². The van der Waals surface area contributed by atoms with Gasteiger partial charge in [-0.1, -0.05) is 56.7 Å². The van der Waals surface area contributed by atoms with Crippen molar-refractivity contribution in [2.24, 2.45) is 11.8 Å².